The predicted octanol–water partition coefficient (Wildman–Crippen LogP) is 2.26. The summed E-state index contributed by atoms with van der Waals surface area (Å²) in [4.78, 5) is 24.2. The molecule has 27 heavy (non-hydrogen) atoms. The monoisotopic (exact) mass is 451 g/mol. The Bertz CT molecular complexity index is 961. The third-order valence-corrected chi connectivity index (χ3v) is 6.00. The van der Waals surface area contributed by atoms with E-state index < -0.39 is 22.0 Å². The standard InChI is InChI=1S/C18H18BrN3O4S/c19-13-6-8-14(9-7-13)22-27(25,26)15-4-1-3-12(11-15)17(23)21-16-5-2-10-20-18(16)24/h1,3-4,6-9,11,16,22H,2,5,10H2,(H,20,24)(H,21,23). The van der Waals surface area contributed by atoms with E-state index in [1.54, 1.807) is 24.3 Å². The number of nitrogens with one attached hydrogen (secondary N) is 3. The van der Waals surface area contributed by atoms with Crippen LogP contribution in [0, 0.1) is 0 Å². The zero-order valence-corrected chi connectivity index (χ0v) is 16.6. The van der Waals surface area contributed by atoms with Crippen LogP contribution in [0.4, 0.5) is 5.69 Å². The molecule has 2 amide bonds. The Morgan fingerprint density at radius 2 is 1.89 bits per heavy atom. The molecule has 3 N–H and O–H groups in total. The third-order valence-electron chi connectivity index (χ3n) is 4.09. The number of hydrogen-bond donors (Lipinski definition) is 3. The molecule has 3 rings (SSSR count). The van der Waals surface area contributed by atoms with Crippen molar-refractivity contribution in [2.75, 3.05) is 11.3 Å². The molecule has 0 aromatic heterocycles. The van der Waals surface area contributed by atoms with E-state index in [-0.39, 0.29) is 16.4 Å². The second kappa shape index (κ2) is 8.10. The van der Waals surface area contributed by atoms with E-state index in [1.807, 2.05) is 0 Å². The van der Waals surface area contributed by atoms with Gasteiger partial charge in [0.25, 0.3) is 15.9 Å². The Morgan fingerprint density at radius 3 is 2.59 bits per heavy atom. The van der Waals surface area contributed by atoms with E-state index in [0.29, 0.717) is 18.7 Å². The molecule has 1 atom stereocenters. The van der Waals surface area contributed by atoms with E-state index in [0.717, 1.165) is 10.9 Å². The first-order chi connectivity index (χ1) is 12.8. The van der Waals surface area contributed by atoms with Crippen LogP contribution in [0.15, 0.2) is 57.9 Å². The molecule has 1 fully saturated rings. The summed E-state index contributed by atoms with van der Waals surface area (Å²) in [6.07, 6.45) is 1.34. The molecule has 2 aromatic carbocycles. The quantitative estimate of drug-likeness (QED) is 0.648. The van der Waals surface area contributed by atoms with Crippen LogP contribution < -0.4 is 15.4 Å². The zero-order chi connectivity index (χ0) is 19.4. The summed E-state index contributed by atoms with van der Waals surface area (Å²) in [6, 6.07) is 11.8. The van der Waals surface area contributed by atoms with Crippen molar-refractivity contribution in [2.24, 2.45) is 0 Å². The van der Waals surface area contributed by atoms with Gasteiger partial charge in [0.2, 0.25) is 5.91 Å². The van der Waals surface area contributed by atoms with E-state index in [2.05, 4.69) is 31.3 Å². The lowest BCUT2D eigenvalue weighted by Gasteiger charge is -2.22. The van der Waals surface area contributed by atoms with E-state index in [1.165, 1.54) is 24.3 Å². The molecule has 0 spiro atoms. The van der Waals surface area contributed by atoms with Gasteiger partial charge in [-0.05, 0) is 55.3 Å². The Hall–Kier alpha value is -2.39. The number of carbonyl (C=O) groups excluding carboxylic acids is 2. The van der Waals surface area contributed by atoms with Crippen LogP contribution in [-0.4, -0.2) is 32.8 Å². The van der Waals surface area contributed by atoms with Gasteiger partial charge in [-0.15, -0.1) is 0 Å². The number of piperidine rings is 1. The highest BCUT2D eigenvalue weighted by Crippen LogP contribution is 2.19. The molecule has 1 heterocycles. The smallest absolute Gasteiger partial charge is 0.261 e. The van der Waals surface area contributed by atoms with Crippen LogP contribution in [0.1, 0.15) is 23.2 Å². The maximum absolute atomic E-state index is 12.6. The van der Waals surface area contributed by atoms with E-state index >= 15 is 0 Å². The van der Waals surface area contributed by atoms with Gasteiger partial charge in [0, 0.05) is 22.3 Å². The molecule has 1 unspecified atom stereocenters. The van der Waals surface area contributed by atoms with Gasteiger partial charge in [0.05, 0.1) is 4.90 Å². The molecule has 1 aliphatic rings. The van der Waals surface area contributed by atoms with Gasteiger partial charge in [-0.1, -0.05) is 22.0 Å². The molecule has 0 aliphatic carbocycles. The Morgan fingerprint density at radius 1 is 1.15 bits per heavy atom. The number of amides is 2. The maximum atomic E-state index is 12.6. The van der Waals surface area contributed by atoms with Crippen molar-refractivity contribution in [3.63, 3.8) is 0 Å². The van der Waals surface area contributed by atoms with Crippen molar-refractivity contribution >= 4 is 43.5 Å². The lowest BCUT2D eigenvalue weighted by atomic mass is 10.1. The first-order valence-electron chi connectivity index (χ1n) is 8.32. The summed E-state index contributed by atoms with van der Waals surface area (Å²) in [5.41, 5.74) is 0.582. The number of hydrogen-bond acceptors (Lipinski definition) is 4. The van der Waals surface area contributed by atoms with Crippen LogP contribution in [0.3, 0.4) is 0 Å². The highest BCUT2D eigenvalue weighted by atomic mass is 79.9. The molecule has 0 bridgehead atoms. The van der Waals surface area contributed by atoms with Crippen molar-refractivity contribution in [3.05, 3.63) is 58.6 Å². The molecular formula is C18H18BrN3O4S. The average Bonchev–Trinajstić information content (AvgIpc) is 2.65. The van der Waals surface area contributed by atoms with Crippen LogP contribution >= 0.6 is 15.9 Å². The number of carbonyl (C=O) groups is 2. The van der Waals surface area contributed by atoms with Crippen molar-refractivity contribution in [1.29, 1.82) is 0 Å². The predicted molar refractivity (Wildman–Crippen MR) is 105 cm³/mol. The molecule has 9 heteroatoms. The highest BCUT2D eigenvalue weighted by molar-refractivity contribution is 9.10. The van der Waals surface area contributed by atoms with Gasteiger partial charge in [0.1, 0.15) is 6.04 Å². The van der Waals surface area contributed by atoms with Crippen molar-refractivity contribution in [3.8, 4) is 0 Å². The summed E-state index contributed by atoms with van der Waals surface area (Å²) in [7, 11) is -3.85. The van der Waals surface area contributed by atoms with Gasteiger partial charge in [-0.25, -0.2) is 8.42 Å². The number of sulfonamides is 1. The number of benzene rings is 2. The minimum atomic E-state index is -3.85. The fourth-order valence-electron chi connectivity index (χ4n) is 2.69. The lowest BCUT2D eigenvalue weighted by molar-refractivity contribution is -0.124. The molecule has 1 saturated heterocycles. The summed E-state index contributed by atoms with van der Waals surface area (Å²) in [6.45, 7) is 0.598. The third kappa shape index (κ3) is 4.86. The van der Waals surface area contributed by atoms with Crippen molar-refractivity contribution in [2.45, 2.75) is 23.8 Å². The molecule has 0 radical (unpaired) electrons. The van der Waals surface area contributed by atoms with Crippen molar-refractivity contribution < 1.29 is 18.0 Å². The normalized spacial score (nSPS) is 17.1. The molecule has 142 valence electrons. The SMILES string of the molecule is O=C(NC1CCCNC1=O)c1cccc(S(=O)(=O)Nc2ccc(Br)cc2)c1. The second-order valence-corrected chi connectivity index (χ2v) is 8.70. The topological polar surface area (TPSA) is 104 Å². The highest BCUT2D eigenvalue weighted by Gasteiger charge is 2.24. The van der Waals surface area contributed by atoms with Crippen LogP contribution in [0.5, 0.6) is 0 Å². The number of halogens is 1. The van der Waals surface area contributed by atoms with Gasteiger partial charge >= 0.3 is 0 Å². The Balaban J connectivity index is 1.76. The van der Waals surface area contributed by atoms with Crippen LogP contribution in [0.2, 0.25) is 0 Å². The molecule has 7 nitrogen and oxygen atoms in total. The molecule has 2 aromatic rings. The summed E-state index contributed by atoms with van der Waals surface area (Å²) < 4.78 is 28.5. The first-order valence-corrected chi connectivity index (χ1v) is 10.6. The van der Waals surface area contributed by atoms with Gasteiger partial charge in [0.15, 0.2) is 0 Å². The minimum Gasteiger partial charge on any atom is -0.354 e. The fraction of sp³-hybridized carbons (Fsp3) is 0.222. The lowest BCUT2D eigenvalue weighted by Crippen LogP contribution is -2.50. The van der Waals surface area contributed by atoms with E-state index in [4.69, 9.17) is 0 Å². The van der Waals surface area contributed by atoms with Crippen LogP contribution in [0.25, 0.3) is 0 Å². The zero-order valence-electron chi connectivity index (χ0n) is 14.2. The summed E-state index contributed by atoms with van der Waals surface area (Å²) >= 11 is 3.29. The van der Waals surface area contributed by atoms with Gasteiger partial charge in [-0.2, -0.15) is 0 Å². The van der Waals surface area contributed by atoms with Gasteiger partial charge < -0.3 is 10.6 Å². The van der Waals surface area contributed by atoms with E-state index in [9.17, 15) is 18.0 Å². The minimum absolute atomic E-state index is 0.0360. The average molecular weight is 452 g/mol. The van der Waals surface area contributed by atoms with Crippen molar-refractivity contribution in [1.82, 2.24) is 10.6 Å². The van der Waals surface area contributed by atoms with Gasteiger partial charge in [-0.3, -0.25) is 14.3 Å². The maximum Gasteiger partial charge on any atom is 0.261 e. The largest absolute Gasteiger partial charge is 0.354 e. The number of rotatable bonds is 5. The molecular weight excluding hydrogens is 434 g/mol. The molecule has 1 aliphatic heterocycles. The summed E-state index contributed by atoms with van der Waals surface area (Å²) in [5, 5.41) is 5.34. The van der Waals surface area contributed by atoms with Crippen LogP contribution in [-0.2, 0) is 14.8 Å². The number of anilines is 1. The summed E-state index contributed by atoms with van der Waals surface area (Å²) in [5.74, 6) is -0.715. The second-order valence-electron chi connectivity index (χ2n) is 6.10. The molecule has 0 saturated carbocycles. The Kier molecular flexibility index (Phi) is 5.81. The Labute approximate surface area is 165 Å². The first kappa shape index (κ1) is 19.4. The fourth-order valence-corrected chi connectivity index (χ4v) is 4.06.